The van der Waals surface area contributed by atoms with Crippen molar-refractivity contribution in [1.82, 2.24) is 0 Å². The zero-order valence-corrected chi connectivity index (χ0v) is 14.1. The molecule has 0 aliphatic heterocycles. The lowest BCUT2D eigenvalue weighted by Gasteiger charge is -2.07. The van der Waals surface area contributed by atoms with Gasteiger partial charge in [-0.05, 0) is 12.1 Å². The summed E-state index contributed by atoms with van der Waals surface area (Å²) in [6, 6.07) is 2.74. The number of hydrogen-bond acceptors (Lipinski definition) is 0. The standard InChI is InChI=1S/C15H33ClSi/c1-3-5-7-8-9-10-11-13-15-17(16)14-12-6-4-2/h17H,3-15H2,1-2H3. The first-order valence-electron chi connectivity index (χ1n) is 7.95. The molecule has 0 aromatic heterocycles. The van der Waals surface area contributed by atoms with Crippen LogP contribution in [0.2, 0.25) is 12.1 Å². The van der Waals surface area contributed by atoms with Crippen molar-refractivity contribution in [3.63, 3.8) is 0 Å². The van der Waals surface area contributed by atoms with Gasteiger partial charge >= 0.3 is 0 Å². The molecule has 0 radical (unpaired) electrons. The van der Waals surface area contributed by atoms with Gasteiger partial charge in [0.25, 0.3) is 0 Å². The Morgan fingerprint density at radius 3 is 1.47 bits per heavy atom. The molecule has 0 aliphatic carbocycles. The lowest BCUT2D eigenvalue weighted by Crippen LogP contribution is -2.02. The molecule has 1 unspecified atom stereocenters. The highest BCUT2D eigenvalue weighted by Gasteiger charge is 2.05. The summed E-state index contributed by atoms with van der Waals surface area (Å²) in [5.41, 5.74) is 0. The minimum absolute atomic E-state index is 0.831. The van der Waals surface area contributed by atoms with Crippen LogP contribution in [0.5, 0.6) is 0 Å². The van der Waals surface area contributed by atoms with E-state index in [1.54, 1.807) is 0 Å². The molecule has 0 bridgehead atoms. The Hall–Kier alpha value is 0.507. The smallest absolute Gasteiger partial charge is 0.141 e. The van der Waals surface area contributed by atoms with Gasteiger partial charge in [-0.15, -0.1) is 0 Å². The second-order valence-corrected chi connectivity index (χ2v) is 9.56. The molecule has 0 aromatic carbocycles. The van der Waals surface area contributed by atoms with Gasteiger partial charge in [0.2, 0.25) is 0 Å². The molecule has 0 aromatic rings. The summed E-state index contributed by atoms with van der Waals surface area (Å²) < 4.78 is 0. The largest absolute Gasteiger partial charge is 0.172 e. The van der Waals surface area contributed by atoms with Crippen molar-refractivity contribution < 1.29 is 0 Å². The van der Waals surface area contributed by atoms with Crippen molar-refractivity contribution in [2.45, 2.75) is 96.6 Å². The molecule has 104 valence electrons. The van der Waals surface area contributed by atoms with Crippen LogP contribution in [0.1, 0.15) is 84.5 Å². The third-order valence-corrected chi connectivity index (χ3v) is 6.87. The second-order valence-electron chi connectivity index (χ2n) is 5.36. The predicted octanol–water partition coefficient (Wildman–Crippen LogP) is 6.28. The second kappa shape index (κ2) is 14.6. The maximum atomic E-state index is 6.44. The van der Waals surface area contributed by atoms with Crippen molar-refractivity contribution in [3.05, 3.63) is 0 Å². The van der Waals surface area contributed by atoms with E-state index in [9.17, 15) is 0 Å². The quantitative estimate of drug-likeness (QED) is 0.211. The van der Waals surface area contributed by atoms with Crippen molar-refractivity contribution in [2.24, 2.45) is 0 Å². The first-order valence-corrected chi connectivity index (χ1v) is 11.3. The van der Waals surface area contributed by atoms with Crippen molar-refractivity contribution in [3.8, 4) is 0 Å². The zero-order chi connectivity index (χ0) is 12.8. The summed E-state index contributed by atoms with van der Waals surface area (Å²) in [7, 11) is -0.831. The fraction of sp³-hybridized carbons (Fsp3) is 1.00. The molecule has 0 amide bonds. The fourth-order valence-corrected chi connectivity index (χ4v) is 4.94. The Kier molecular flexibility index (Phi) is 15.0. The van der Waals surface area contributed by atoms with Gasteiger partial charge in [-0.3, -0.25) is 0 Å². The van der Waals surface area contributed by atoms with E-state index >= 15 is 0 Å². The average Bonchev–Trinajstić information content (AvgIpc) is 2.33. The maximum absolute atomic E-state index is 6.44. The van der Waals surface area contributed by atoms with E-state index in [-0.39, 0.29) is 0 Å². The molecule has 0 heterocycles. The summed E-state index contributed by atoms with van der Waals surface area (Å²) in [5.74, 6) is 0. The number of halogens is 1. The summed E-state index contributed by atoms with van der Waals surface area (Å²) in [6.07, 6.45) is 15.5. The lowest BCUT2D eigenvalue weighted by molar-refractivity contribution is 0.584. The molecule has 0 spiro atoms. The highest BCUT2D eigenvalue weighted by molar-refractivity contribution is 7.06. The number of unbranched alkanes of at least 4 members (excludes halogenated alkanes) is 9. The summed E-state index contributed by atoms with van der Waals surface area (Å²) in [4.78, 5) is 0. The van der Waals surface area contributed by atoms with Crippen LogP contribution in [0.15, 0.2) is 0 Å². The molecular formula is C15H33ClSi. The first-order chi connectivity index (χ1) is 8.31. The molecule has 17 heavy (non-hydrogen) atoms. The molecule has 0 saturated heterocycles. The number of rotatable bonds is 13. The van der Waals surface area contributed by atoms with Crippen LogP contribution in [-0.2, 0) is 0 Å². The molecule has 0 N–H and O–H groups in total. The van der Waals surface area contributed by atoms with E-state index in [4.69, 9.17) is 11.1 Å². The van der Waals surface area contributed by atoms with Crippen LogP contribution in [0.3, 0.4) is 0 Å². The lowest BCUT2D eigenvalue weighted by atomic mass is 10.1. The topological polar surface area (TPSA) is 0 Å². The summed E-state index contributed by atoms with van der Waals surface area (Å²) in [5, 5.41) is 0. The third-order valence-electron chi connectivity index (χ3n) is 3.49. The van der Waals surface area contributed by atoms with E-state index in [0.29, 0.717) is 0 Å². The SMILES string of the molecule is CCCCCCCCCC[SiH](Cl)CCCCC. The van der Waals surface area contributed by atoms with E-state index in [1.165, 1.54) is 82.7 Å². The molecule has 0 fully saturated rings. The van der Waals surface area contributed by atoms with Crippen LogP contribution in [0.25, 0.3) is 0 Å². The predicted molar refractivity (Wildman–Crippen MR) is 84.8 cm³/mol. The van der Waals surface area contributed by atoms with Gasteiger partial charge in [0.15, 0.2) is 0 Å². The van der Waals surface area contributed by atoms with Crippen LogP contribution in [-0.4, -0.2) is 8.11 Å². The fourth-order valence-electron chi connectivity index (χ4n) is 2.26. The molecule has 0 saturated carbocycles. The van der Waals surface area contributed by atoms with Gasteiger partial charge in [0.1, 0.15) is 8.11 Å². The van der Waals surface area contributed by atoms with Gasteiger partial charge in [-0.25, -0.2) is 0 Å². The highest BCUT2D eigenvalue weighted by atomic mass is 35.6. The van der Waals surface area contributed by atoms with Gasteiger partial charge in [0.05, 0.1) is 0 Å². The normalized spacial score (nSPS) is 12.9. The molecule has 0 aliphatic rings. The van der Waals surface area contributed by atoms with Gasteiger partial charge < -0.3 is 0 Å². The van der Waals surface area contributed by atoms with Crippen LogP contribution >= 0.6 is 11.1 Å². The molecular weight excluding hydrogens is 244 g/mol. The summed E-state index contributed by atoms with van der Waals surface area (Å²) >= 11 is 6.44. The minimum Gasteiger partial charge on any atom is -0.172 e. The third kappa shape index (κ3) is 14.4. The van der Waals surface area contributed by atoms with Crippen LogP contribution in [0.4, 0.5) is 0 Å². The van der Waals surface area contributed by atoms with Crippen LogP contribution < -0.4 is 0 Å². The molecule has 2 heteroatoms. The van der Waals surface area contributed by atoms with E-state index in [1.807, 2.05) is 0 Å². The highest BCUT2D eigenvalue weighted by Crippen LogP contribution is 2.16. The van der Waals surface area contributed by atoms with Crippen molar-refractivity contribution in [1.29, 1.82) is 0 Å². The molecule has 0 nitrogen and oxygen atoms in total. The Morgan fingerprint density at radius 1 is 0.588 bits per heavy atom. The zero-order valence-electron chi connectivity index (χ0n) is 12.1. The summed E-state index contributed by atoms with van der Waals surface area (Å²) in [6.45, 7) is 4.55. The van der Waals surface area contributed by atoms with Crippen molar-refractivity contribution in [2.75, 3.05) is 0 Å². The van der Waals surface area contributed by atoms with E-state index < -0.39 is 8.11 Å². The molecule has 1 atom stereocenters. The Bertz CT molecular complexity index is 139. The minimum atomic E-state index is -0.831. The van der Waals surface area contributed by atoms with Crippen molar-refractivity contribution >= 4 is 19.2 Å². The maximum Gasteiger partial charge on any atom is 0.141 e. The first kappa shape index (κ1) is 17.5. The van der Waals surface area contributed by atoms with E-state index in [0.717, 1.165) is 0 Å². The van der Waals surface area contributed by atoms with Crippen LogP contribution in [0, 0.1) is 0 Å². The Morgan fingerprint density at radius 2 is 0.941 bits per heavy atom. The average molecular weight is 277 g/mol. The Labute approximate surface area is 116 Å². The monoisotopic (exact) mass is 276 g/mol. The van der Waals surface area contributed by atoms with Gasteiger partial charge in [-0.2, -0.15) is 11.1 Å². The molecule has 0 rings (SSSR count). The number of hydrogen-bond donors (Lipinski definition) is 0. The van der Waals surface area contributed by atoms with Gasteiger partial charge in [-0.1, -0.05) is 84.5 Å². The van der Waals surface area contributed by atoms with E-state index in [2.05, 4.69) is 13.8 Å². The Balaban J connectivity index is 3.05. The van der Waals surface area contributed by atoms with Gasteiger partial charge in [0, 0.05) is 0 Å².